The minimum absolute atomic E-state index is 0.0390. The van der Waals surface area contributed by atoms with Crippen molar-refractivity contribution in [3.8, 4) is 0 Å². The van der Waals surface area contributed by atoms with E-state index in [-0.39, 0.29) is 11.1 Å². The van der Waals surface area contributed by atoms with Crippen LogP contribution in [0.5, 0.6) is 0 Å². The molecule has 6 rings (SSSR count). The van der Waals surface area contributed by atoms with Gasteiger partial charge in [0, 0.05) is 16.4 Å². The molecule has 0 spiro atoms. The molecule has 0 bridgehead atoms. The number of halogens is 1. The number of aryl methyl sites for hydroxylation is 1. The van der Waals surface area contributed by atoms with Gasteiger partial charge in [0.15, 0.2) is 11.6 Å². The lowest BCUT2D eigenvalue weighted by molar-refractivity contribution is 0.463. The van der Waals surface area contributed by atoms with Crippen LogP contribution < -0.4 is 9.80 Å². The van der Waals surface area contributed by atoms with E-state index in [1.165, 1.54) is 12.1 Å². The van der Waals surface area contributed by atoms with Crippen LogP contribution in [0.15, 0.2) is 108 Å². The van der Waals surface area contributed by atoms with Gasteiger partial charge in [-0.05, 0) is 68.4 Å². The fourth-order valence-electron chi connectivity index (χ4n) is 4.36. The molecule has 0 N–H and O–H groups in total. The first-order valence-corrected chi connectivity index (χ1v) is 13.7. The summed E-state index contributed by atoms with van der Waals surface area (Å²) in [4.78, 5) is 14.1. The lowest BCUT2D eigenvalue weighted by atomic mass is 10.2. The zero-order chi connectivity index (χ0) is 26.9. The van der Waals surface area contributed by atoms with Crippen molar-refractivity contribution in [2.24, 2.45) is 0 Å². The lowest BCUT2D eigenvalue weighted by Gasteiger charge is -2.29. The Hall–Kier alpha value is -3.98. The molecule has 4 aromatic carbocycles. The predicted molar refractivity (Wildman–Crippen MR) is 150 cm³/mol. The molecule has 0 amide bonds. The van der Waals surface area contributed by atoms with Crippen LogP contribution in [0.4, 0.5) is 23.0 Å². The van der Waals surface area contributed by atoms with Crippen molar-refractivity contribution in [3.05, 3.63) is 114 Å². The van der Waals surface area contributed by atoms with Crippen LogP contribution in [0.1, 0.15) is 12.5 Å². The molecule has 2 heterocycles. The van der Waals surface area contributed by atoms with Crippen LogP contribution in [0.2, 0.25) is 5.02 Å². The number of nitrogens with zero attached hydrogens (tertiary/aromatic N) is 4. The molecule has 0 saturated heterocycles. The number of aromatic nitrogens is 2. The first-order valence-electron chi connectivity index (χ1n) is 11.9. The Morgan fingerprint density at radius 3 is 1.74 bits per heavy atom. The number of fused-ring (bicyclic) bond motifs is 2. The SMILES string of the molecule is CC1N(c2ccccc2)c2nc3ccc(Cl)cc3nc2N1c1ccccc1.Cc1ccc(S(=O)(=O)[O-])cc1. The molecular formula is C29H24ClN4O3S-. The quantitative estimate of drug-likeness (QED) is 0.231. The van der Waals surface area contributed by atoms with Crippen molar-refractivity contribution in [2.75, 3.05) is 9.80 Å². The highest BCUT2D eigenvalue weighted by molar-refractivity contribution is 7.85. The molecule has 0 saturated carbocycles. The van der Waals surface area contributed by atoms with E-state index in [4.69, 9.17) is 21.6 Å². The maximum atomic E-state index is 10.4. The van der Waals surface area contributed by atoms with Crippen LogP contribution in [0.25, 0.3) is 11.0 Å². The molecule has 1 aromatic heterocycles. The fourth-order valence-corrected chi connectivity index (χ4v) is 5.00. The van der Waals surface area contributed by atoms with E-state index in [0.717, 1.165) is 39.6 Å². The standard InChI is InChI=1S/C22H17ClN4.C7H8O3S/c1-15-26(17-8-4-2-5-9-17)21-22(27(15)18-10-6-3-7-11-18)25-20-14-16(23)12-13-19(20)24-21;1-6-2-4-7(5-3-6)11(8,9)10/h2-15H,1H3;2-5H,1H3,(H,8,9,10)/p-1. The van der Waals surface area contributed by atoms with Crippen molar-refractivity contribution in [1.82, 2.24) is 9.97 Å². The first-order chi connectivity index (χ1) is 18.2. The van der Waals surface area contributed by atoms with E-state index < -0.39 is 10.1 Å². The van der Waals surface area contributed by atoms with Crippen molar-refractivity contribution in [1.29, 1.82) is 0 Å². The van der Waals surface area contributed by atoms with Crippen LogP contribution in [0, 0.1) is 6.92 Å². The molecule has 192 valence electrons. The van der Waals surface area contributed by atoms with Gasteiger partial charge in [-0.3, -0.25) is 0 Å². The Morgan fingerprint density at radius 1 is 0.737 bits per heavy atom. The van der Waals surface area contributed by atoms with Gasteiger partial charge in [-0.1, -0.05) is 65.7 Å². The summed E-state index contributed by atoms with van der Waals surface area (Å²) in [5, 5.41) is 0.661. The maximum Gasteiger partial charge on any atom is 0.179 e. The normalized spacial score (nSPS) is 14.7. The van der Waals surface area contributed by atoms with Gasteiger partial charge in [0.25, 0.3) is 0 Å². The average molecular weight is 544 g/mol. The van der Waals surface area contributed by atoms with Gasteiger partial charge in [-0.2, -0.15) is 0 Å². The first kappa shape index (κ1) is 25.7. The smallest absolute Gasteiger partial charge is 0.179 e. The summed E-state index contributed by atoms with van der Waals surface area (Å²) in [7, 11) is -4.27. The largest absolute Gasteiger partial charge is 0.744 e. The van der Waals surface area contributed by atoms with Gasteiger partial charge in [-0.15, -0.1) is 0 Å². The van der Waals surface area contributed by atoms with E-state index in [9.17, 15) is 13.0 Å². The third kappa shape index (κ3) is 5.19. The van der Waals surface area contributed by atoms with Gasteiger partial charge in [0.2, 0.25) is 0 Å². The van der Waals surface area contributed by atoms with Crippen LogP contribution in [-0.4, -0.2) is 29.1 Å². The molecule has 1 aliphatic heterocycles. The molecule has 38 heavy (non-hydrogen) atoms. The molecule has 5 aromatic rings. The zero-order valence-electron chi connectivity index (χ0n) is 20.7. The summed E-state index contributed by atoms with van der Waals surface area (Å²) in [5.74, 6) is 1.69. The Balaban J connectivity index is 0.000000226. The second-order valence-electron chi connectivity index (χ2n) is 8.81. The Kier molecular flexibility index (Phi) is 7.03. The summed E-state index contributed by atoms with van der Waals surface area (Å²) in [6.07, 6.45) is 0.0390. The molecule has 1 unspecified atom stereocenters. The zero-order valence-corrected chi connectivity index (χ0v) is 22.3. The molecular weight excluding hydrogens is 520 g/mol. The molecule has 7 nitrogen and oxygen atoms in total. The monoisotopic (exact) mass is 543 g/mol. The van der Waals surface area contributed by atoms with E-state index in [2.05, 4.69) is 41.0 Å². The van der Waals surface area contributed by atoms with Crippen LogP contribution in [-0.2, 0) is 10.1 Å². The molecule has 1 aliphatic rings. The second-order valence-corrected chi connectivity index (χ2v) is 10.6. The third-order valence-corrected chi connectivity index (χ3v) is 7.26. The number of para-hydroxylation sites is 2. The Labute approximate surface area is 226 Å². The predicted octanol–water partition coefficient (Wildman–Crippen LogP) is 6.82. The van der Waals surface area contributed by atoms with Gasteiger partial charge in [-0.25, -0.2) is 18.4 Å². The average Bonchev–Trinajstić information content (AvgIpc) is 3.19. The van der Waals surface area contributed by atoms with Crippen molar-refractivity contribution in [2.45, 2.75) is 24.9 Å². The Bertz CT molecular complexity index is 1680. The number of hydrogen-bond donors (Lipinski definition) is 0. The van der Waals surface area contributed by atoms with Crippen molar-refractivity contribution < 1.29 is 13.0 Å². The summed E-state index contributed by atoms with van der Waals surface area (Å²) < 4.78 is 31.2. The van der Waals surface area contributed by atoms with Crippen LogP contribution in [0.3, 0.4) is 0 Å². The number of anilines is 4. The van der Waals surface area contributed by atoms with E-state index in [0.29, 0.717) is 5.02 Å². The summed E-state index contributed by atoms with van der Waals surface area (Å²) in [5.41, 5.74) is 4.73. The van der Waals surface area contributed by atoms with Crippen molar-refractivity contribution in [3.63, 3.8) is 0 Å². The summed E-state index contributed by atoms with van der Waals surface area (Å²) in [6, 6.07) is 32.0. The lowest BCUT2D eigenvalue weighted by Crippen LogP contribution is -2.35. The second kappa shape index (κ2) is 10.4. The molecule has 1 atom stereocenters. The minimum atomic E-state index is -4.27. The number of hydrogen-bond acceptors (Lipinski definition) is 7. The fraction of sp³-hybridized carbons (Fsp3) is 0.103. The van der Waals surface area contributed by atoms with E-state index >= 15 is 0 Å². The minimum Gasteiger partial charge on any atom is -0.744 e. The highest BCUT2D eigenvalue weighted by atomic mass is 35.5. The van der Waals surface area contributed by atoms with Gasteiger partial charge >= 0.3 is 0 Å². The van der Waals surface area contributed by atoms with Crippen LogP contribution >= 0.6 is 11.6 Å². The summed E-state index contributed by atoms with van der Waals surface area (Å²) in [6.45, 7) is 3.99. The summed E-state index contributed by atoms with van der Waals surface area (Å²) >= 11 is 6.18. The third-order valence-electron chi connectivity index (χ3n) is 6.17. The van der Waals surface area contributed by atoms with E-state index in [1.54, 1.807) is 12.1 Å². The van der Waals surface area contributed by atoms with Crippen molar-refractivity contribution >= 4 is 55.8 Å². The van der Waals surface area contributed by atoms with Gasteiger partial charge in [0.05, 0.1) is 15.9 Å². The number of rotatable bonds is 3. The number of benzene rings is 4. The van der Waals surface area contributed by atoms with Gasteiger partial charge in [0.1, 0.15) is 16.3 Å². The highest BCUT2D eigenvalue weighted by Gasteiger charge is 2.37. The molecule has 0 fully saturated rings. The molecule has 0 aliphatic carbocycles. The maximum absolute atomic E-state index is 10.4. The topological polar surface area (TPSA) is 89.5 Å². The highest BCUT2D eigenvalue weighted by Crippen LogP contribution is 2.45. The van der Waals surface area contributed by atoms with E-state index in [1.807, 2.05) is 61.5 Å². The van der Waals surface area contributed by atoms with Gasteiger partial charge < -0.3 is 14.4 Å². The molecule has 9 heteroatoms. The molecule has 0 radical (unpaired) electrons. The Morgan fingerprint density at radius 2 is 1.24 bits per heavy atom.